The summed E-state index contributed by atoms with van der Waals surface area (Å²) >= 11 is 0. The Morgan fingerprint density at radius 2 is 2.11 bits per heavy atom. The number of nitriles is 1. The summed E-state index contributed by atoms with van der Waals surface area (Å²) in [6.07, 6.45) is 5.80. The monoisotopic (exact) mass is 380 g/mol. The second-order valence-electron chi connectivity index (χ2n) is 7.12. The topological polar surface area (TPSA) is 129 Å². The number of pyridine rings is 1. The molecule has 2 aromatic rings. The van der Waals surface area contributed by atoms with Gasteiger partial charge in [0, 0.05) is 24.7 Å². The van der Waals surface area contributed by atoms with Crippen LogP contribution >= 0.6 is 0 Å². The van der Waals surface area contributed by atoms with Crippen molar-refractivity contribution < 1.29 is 4.74 Å². The third-order valence-electron chi connectivity index (χ3n) is 5.55. The fourth-order valence-corrected chi connectivity index (χ4v) is 3.98. The van der Waals surface area contributed by atoms with Crippen LogP contribution in [0, 0.1) is 16.7 Å². The van der Waals surface area contributed by atoms with Gasteiger partial charge in [0.1, 0.15) is 11.6 Å². The normalized spacial score (nSPS) is 20.1. The number of nitrogens with one attached hydrogen (secondary N) is 2. The molecule has 0 saturated carbocycles. The molecule has 2 saturated heterocycles. The molecule has 0 radical (unpaired) electrons. The quantitative estimate of drug-likeness (QED) is 0.670. The number of ether oxygens (including phenoxy) is 1. The standard InChI is InChI=1S/C19H24N8O/c20-4-1-16(22)27-18-14(12-24-27)15(19(13-21)2-5-23-6-3-19)11-17(25-18)26-7-9-28-10-8-26/h1,4,11-12,20,23H,2-3,5-10,22H2/b16-1+,20-4?. The fourth-order valence-electron chi connectivity index (χ4n) is 3.98. The average molecular weight is 380 g/mol. The van der Waals surface area contributed by atoms with Crippen molar-refractivity contribution in [1.82, 2.24) is 20.1 Å². The lowest BCUT2D eigenvalue weighted by Gasteiger charge is -2.34. The van der Waals surface area contributed by atoms with Gasteiger partial charge in [-0.05, 0) is 43.6 Å². The molecule has 0 bridgehead atoms. The maximum absolute atomic E-state index is 10.1. The summed E-state index contributed by atoms with van der Waals surface area (Å²) in [5.41, 5.74) is 7.09. The van der Waals surface area contributed by atoms with Gasteiger partial charge in [0.2, 0.25) is 0 Å². The van der Waals surface area contributed by atoms with Gasteiger partial charge in [-0.2, -0.15) is 15.0 Å². The molecule has 0 aromatic carbocycles. The molecule has 0 unspecified atom stereocenters. The number of anilines is 1. The van der Waals surface area contributed by atoms with Crippen LogP contribution in [0.1, 0.15) is 18.4 Å². The molecule has 9 nitrogen and oxygen atoms in total. The van der Waals surface area contributed by atoms with E-state index in [1.165, 1.54) is 6.08 Å². The minimum absolute atomic E-state index is 0.318. The van der Waals surface area contributed by atoms with Crippen LogP contribution < -0.4 is 16.0 Å². The lowest BCUT2D eigenvalue weighted by molar-refractivity contribution is 0.122. The number of hydrogen-bond donors (Lipinski definition) is 3. The molecule has 0 amide bonds. The van der Waals surface area contributed by atoms with Crippen LogP contribution in [0.25, 0.3) is 16.9 Å². The van der Waals surface area contributed by atoms with Crippen LogP contribution in [0.15, 0.2) is 18.3 Å². The molecular weight excluding hydrogens is 356 g/mol. The van der Waals surface area contributed by atoms with Gasteiger partial charge in [-0.1, -0.05) is 0 Å². The lowest BCUT2D eigenvalue weighted by atomic mass is 9.73. The number of allylic oxidation sites excluding steroid dienone is 1. The van der Waals surface area contributed by atoms with Gasteiger partial charge in [0.25, 0.3) is 0 Å². The summed E-state index contributed by atoms with van der Waals surface area (Å²) in [7, 11) is 0. The van der Waals surface area contributed by atoms with Crippen molar-refractivity contribution in [3.8, 4) is 6.07 Å². The van der Waals surface area contributed by atoms with Crippen molar-refractivity contribution in [3.05, 3.63) is 23.9 Å². The second-order valence-corrected chi connectivity index (χ2v) is 7.12. The van der Waals surface area contributed by atoms with E-state index in [1.807, 2.05) is 6.07 Å². The molecule has 2 aliphatic heterocycles. The molecule has 2 aliphatic rings. The molecule has 9 heteroatoms. The molecule has 2 aromatic heterocycles. The molecule has 4 N–H and O–H groups in total. The maximum Gasteiger partial charge on any atom is 0.167 e. The number of nitrogens with zero attached hydrogens (tertiary/aromatic N) is 5. The van der Waals surface area contributed by atoms with Gasteiger partial charge < -0.3 is 26.1 Å². The SMILES string of the molecule is N#CC1(c2cc(N3CCOCC3)nc3c2cnn3/C(N)=C/C=N)CCNCC1. The predicted octanol–water partition coefficient (Wildman–Crippen LogP) is 0.819. The van der Waals surface area contributed by atoms with E-state index in [-0.39, 0.29) is 0 Å². The Morgan fingerprint density at radius 3 is 2.79 bits per heavy atom. The zero-order valence-corrected chi connectivity index (χ0v) is 15.7. The molecule has 146 valence electrons. The van der Waals surface area contributed by atoms with Crippen molar-refractivity contribution in [2.45, 2.75) is 18.3 Å². The number of morpholine rings is 1. The van der Waals surface area contributed by atoms with Gasteiger partial charge in [-0.15, -0.1) is 0 Å². The second kappa shape index (κ2) is 7.58. The number of nitrogens with two attached hydrogens (primary N) is 1. The van der Waals surface area contributed by atoms with E-state index >= 15 is 0 Å². The van der Waals surface area contributed by atoms with E-state index < -0.39 is 5.41 Å². The van der Waals surface area contributed by atoms with Gasteiger partial charge in [-0.3, -0.25) is 0 Å². The summed E-state index contributed by atoms with van der Waals surface area (Å²) in [6.45, 7) is 4.40. The summed E-state index contributed by atoms with van der Waals surface area (Å²) < 4.78 is 7.02. The summed E-state index contributed by atoms with van der Waals surface area (Å²) in [6, 6.07) is 4.64. The molecule has 28 heavy (non-hydrogen) atoms. The molecule has 4 rings (SSSR count). The third-order valence-corrected chi connectivity index (χ3v) is 5.55. The molecule has 0 atom stereocenters. The van der Waals surface area contributed by atoms with E-state index in [4.69, 9.17) is 20.9 Å². The van der Waals surface area contributed by atoms with E-state index in [9.17, 15) is 5.26 Å². The number of piperidine rings is 1. The summed E-state index contributed by atoms with van der Waals surface area (Å²) in [5, 5.41) is 26.0. The van der Waals surface area contributed by atoms with Crippen LogP contribution in [-0.2, 0) is 10.2 Å². The number of rotatable bonds is 4. The highest BCUT2D eigenvalue weighted by atomic mass is 16.5. The molecule has 0 aliphatic carbocycles. The first-order valence-electron chi connectivity index (χ1n) is 9.49. The largest absolute Gasteiger partial charge is 0.384 e. The average Bonchev–Trinajstić information content (AvgIpc) is 3.18. The van der Waals surface area contributed by atoms with Crippen molar-refractivity contribution >= 4 is 28.9 Å². The van der Waals surface area contributed by atoms with Crippen molar-refractivity contribution in [3.63, 3.8) is 0 Å². The van der Waals surface area contributed by atoms with Crippen LogP contribution in [0.5, 0.6) is 0 Å². The van der Waals surface area contributed by atoms with Crippen molar-refractivity contribution in [1.29, 1.82) is 10.7 Å². The van der Waals surface area contributed by atoms with E-state index in [2.05, 4.69) is 21.4 Å². The minimum atomic E-state index is -0.582. The van der Waals surface area contributed by atoms with E-state index in [1.54, 1.807) is 10.9 Å². The molecule has 2 fully saturated rings. The Bertz CT molecular complexity index is 945. The van der Waals surface area contributed by atoms with Crippen LogP contribution in [0.2, 0.25) is 0 Å². The molecule has 0 spiro atoms. The third kappa shape index (κ3) is 3.10. The first kappa shape index (κ1) is 18.4. The Kier molecular flexibility index (Phi) is 4.98. The van der Waals surface area contributed by atoms with Crippen LogP contribution in [0.3, 0.4) is 0 Å². The fraction of sp³-hybridized carbons (Fsp3) is 0.474. The number of hydrogen-bond acceptors (Lipinski definition) is 8. The lowest BCUT2D eigenvalue weighted by Crippen LogP contribution is -2.40. The molecular formula is C19H24N8O. The van der Waals surface area contributed by atoms with Gasteiger partial charge >= 0.3 is 0 Å². The maximum atomic E-state index is 10.1. The summed E-state index contributed by atoms with van der Waals surface area (Å²) in [5.74, 6) is 1.13. The Labute approximate surface area is 163 Å². The van der Waals surface area contributed by atoms with Gasteiger partial charge in [0.15, 0.2) is 5.65 Å². The first-order chi connectivity index (χ1) is 13.7. The first-order valence-corrected chi connectivity index (χ1v) is 9.49. The predicted molar refractivity (Wildman–Crippen MR) is 107 cm³/mol. The van der Waals surface area contributed by atoms with E-state index in [0.29, 0.717) is 24.7 Å². The van der Waals surface area contributed by atoms with Gasteiger partial charge in [0.05, 0.1) is 30.9 Å². The Hall–Kier alpha value is -2.96. The zero-order valence-electron chi connectivity index (χ0n) is 15.7. The highest BCUT2D eigenvalue weighted by Crippen LogP contribution is 2.39. The minimum Gasteiger partial charge on any atom is -0.384 e. The molecule has 4 heterocycles. The smallest absolute Gasteiger partial charge is 0.167 e. The number of aromatic nitrogens is 3. The van der Waals surface area contributed by atoms with Crippen molar-refractivity contribution in [2.24, 2.45) is 5.73 Å². The Balaban J connectivity index is 1.93. The van der Waals surface area contributed by atoms with Crippen molar-refractivity contribution in [2.75, 3.05) is 44.3 Å². The highest BCUT2D eigenvalue weighted by Gasteiger charge is 2.37. The van der Waals surface area contributed by atoms with Crippen LogP contribution in [-0.4, -0.2) is 60.4 Å². The van der Waals surface area contributed by atoms with Gasteiger partial charge in [-0.25, -0.2) is 4.98 Å². The number of fused-ring (bicyclic) bond motifs is 1. The zero-order chi connectivity index (χ0) is 19.6. The van der Waals surface area contributed by atoms with Crippen LogP contribution in [0.4, 0.5) is 5.82 Å². The summed E-state index contributed by atoms with van der Waals surface area (Å²) in [4.78, 5) is 7.01. The Morgan fingerprint density at radius 1 is 1.36 bits per heavy atom. The highest BCUT2D eigenvalue weighted by molar-refractivity contribution is 5.86. The van der Waals surface area contributed by atoms with E-state index in [0.717, 1.165) is 62.0 Å².